The Labute approximate surface area is 96.0 Å². The van der Waals surface area contributed by atoms with E-state index in [0.29, 0.717) is 13.0 Å². The monoisotopic (exact) mass is 241 g/mol. The van der Waals surface area contributed by atoms with E-state index in [9.17, 15) is 9.59 Å². The number of rotatable bonds is 3. The summed E-state index contributed by atoms with van der Waals surface area (Å²) in [7, 11) is 0. The Kier molecular flexibility index (Phi) is 3.10. The lowest BCUT2D eigenvalue weighted by atomic mass is 10.1. The molecule has 1 fully saturated rings. The van der Waals surface area contributed by atoms with Gasteiger partial charge in [-0.3, -0.25) is 0 Å². The fourth-order valence-electron chi connectivity index (χ4n) is 1.70. The molecule has 1 aromatic heterocycles. The van der Waals surface area contributed by atoms with Crippen LogP contribution in [0, 0.1) is 0 Å². The van der Waals surface area contributed by atoms with Crippen molar-refractivity contribution in [1.29, 1.82) is 0 Å². The number of ether oxygens (including phenoxy) is 1. The molecule has 0 aromatic carbocycles. The van der Waals surface area contributed by atoms with Crippen LogP contribution in [0.4, 0.5) is 0 Å². The third-order valence-corrected chi connectivity index (χ3v) is 2.50. The van der Waals surface area contributed by atoms with E-state index >= 15 is 0 Å². The van der Waals surface area contributed by atoms with Gasteiger partial charge in [-0.1, -0.05) is 0 Å². The van der Waals surface area contributed by atoms with Crippen molar-refractivity contribution in [3.63, 3.8) is 0 Å². The van der Waals surface area contributed by atoms with Crippen molar-refractivity contribution >= 4 is 11.9 Å². The average Bonchev–Trinajstić information content (AvgIpc) is 2.75. The molecule has 1 saturated heterocycles. The van der Waals surface area contributed by atoms with E-state index in [4.69, 9.17) is 19.4 Å². The van der Waals surface area contributed by atoms with Gasteiger partial charge < -0.3 is 19.4 Å². The predicted octanol–water partition coefficient (Wildman–Crippen LogP) is 1.31. The highest BCUT2D eigenvalue weighted by Crippen LogP contribution is 2.28. The standard InChI is InChI=1S/C10H11NO6/c12-9(13)6-7(10(14)15)17-8(11-6)5-3-1-2-4-16-5/h5H,1-4H2,(H,12,13)(H,14,15). The number of carboxylic acids is 2. The molecule has 7 heteroatoms. The zero-order valence-electron chi connectivity index (χ0n) is 8.88. The minimum atomic E-state index is -1.45. The van der Waals surface area contributed by atoms with E-state index in [2.05, 4.69) is 4.98 Å². The Morgan fingerprint density at radius 2 is 2.00 bits per heavy atom. The van der Waals surface area contributed by atoms with Gasteiger partial charge in [0.1, 0.15) is 6.10 Å². The number of aromatic carboxylic acids is 2. The zero-order valence-corrected chi connectivity index (χ0v) is 8.88. The molecule has 0 aliphatic carbocycles. The molecule has 92 valence electrons. The van der Waals surface area contributed by atoms with Gasteiger partial charge in [0.2, 0.25) is 17.3 Å². The summed E-state index contributed by atoms with van der Waals surface area (Å²) in [4.78, 5) is 25.3. The molecule has 1 atom stereocenters. The highest BCUT2D eigenvalue weighted by molar-refractivity contribution is 5.98. The minimum Gasteiger partial charge on any atom is -0.476 e. The smallest absolute Gasteiger partial charge is 0.374 e. The first-order valence-corrected chi connectivity index (χ1v) is 5.18. The van der Waals surface area contributed by atoms with E-state index < -0.39 is 29.5 Å². The van der Waals surface area contributed by atoms with Crippen LogP contribution in [0.25, 0.3) is 0 Å². The molecule has 2 heterocycles. The third kappa shape index (κ3) is 2.28. The molecule has 2 rings (SSSR count). The molecule has 7 nitrogen and oxygen atoms in total. The SMILES string of the molecule is O=C(O)c1nc(C2CCCCO2)oc1C(=O)O. The van der Waals surface area contributed by atoms with Crippen molar-refractivity contribution in [2.45, 2.75) is 25.4 Å². The number of carbonyl (C=O) groups is 2. The van der Waals surface area contributed by atoms with Crippen LogP contribution in [0.3, 0.4) is 0 Å². The highest BCUT2D eigenvalue weighted by atomic mass is 16.5. The molecule has 0 saturated carbocycles. The second-order valence-corrected chi connectivity index (χ2v) is 3.70. The van der Waals surface area contributed by atoms with E-state index in [1.165, 1.54) is 0 Å². The summed E-state index contributed by atoms with van der Waals surface area (Å²) < 4.78 is 10.3. The first-order chi connectivity index (χ1) is 8.09. The molecule has 1 aromatic rings. The topological polar surface area (TPSA) is 110 Å². The van der Waals surface area contributed by atoms with Crippen molar-refractivity contribution in [2.75, 3.05) is 6.61 Å². The molecule has 0 amide bonds. The summed E-state index contributed by atoms with van der Waals surface area (Å²) >= 11 is 0. The van der Waals surface area contributed by atoms with Gasteiger partial charge in [-0.25, -0.2) is 14.6 Å². The molecule has 2 N–H and O–H groups in total. The highest BCUT2D eigenvalue weighted by Gasteiger charge is 2.29. The number of aromatic nitrogens is 1. The molecule has 1 aliphatic heterocycles. The molecular formula is C10H11NO6. The summed E-state index contributed by atoms with van der Waals surface area (Å²) in [6, 6.07) is 0. The lowest BCUT2D eigenvalue weighted by Crippen LogP contribution is -2.12. The first-order valence-electron chi connectivity index (χ1n) is 5.18. The maximum atomic E-state index is 10.8. The summed E-state index contributed by atoms with van der Waals surface area (Å²) in [6.07, 6.45) is 2.04. The molecular weight excluding hydrogens is 230 g/mol. The molecule has 0 spiro atoms. The normalized spacial score (nSPS) is 20.1. The maximum absolute atomic E-state index is 10.8. The van der Waals surface area contributed by atoms with Gasteiger partial charge in [0.25, 0.3) is 0 Å². The van der Waals surface area contributed by atoms with Crippen LogP contribution in [0.1, 0.15) is 52.3 Å². The number of nitrogens with zero attached hydrogens (tertiary/aromatic N) is 1. The lowest BCUT2D eigenvalue weighted by molar-refractivity contribution is -0.00229. The maximum Gasteiger partial charge on any atom is 0.374 e. The largest absolute Gasteiger partial charge is 0.476 e. The van der Waals surface area contributed by atoms with Gasteiger partial charge in [-0.05, 0) is 19.3 Å². The van der Waals surface area contributed by atoms with Crippen molar-refractivity contribution in [1.82, 2.24) is 4.98 Å². The quantitative estimate of drug-likeness (QED) is 0.820. The van der Waals surface area contributed by atoms with Gasteiger partial charge in [-0.15, -0.1) is 0 Å². The number of hydrogen-bond acceptors (Lipinski definition) is 5. The van der Waals surface area contributed by atoms with E-state index in [1.54, 1.807) is 0 Å². The van der Waals surface area contributed by atoms with Crippen LogP contribution < -0.4 is 0 Å². The van der Waals surface area contributed by atoms with Crippen molar-refractivity contribution in [3.05, 3.63) is 17.3 Å². The van der Waals surface area contributed by atoms with Crippen LogP contribution in [-0.4, -0.2) is 33.7 Å². The Morgan fingerprint density at radius 3 is 2.47 bits per heavy atom. The summed E-state index contributed by atoms with van der Waals surface area (Å²) in [6.45, 7) is 0.540. The zero-order chi connectivity index (χ0) is 12.4. The Bertz CT molecular complexity index is 414. The van der Waals surface area contributed by atoms with E-state index in [1.807, 2.05) is 0 Å². The molecule has 17 heavy (non-hydrogen) atoms. The van der Waals surface area contributed by atoms with Gasteiger partial charge in [0.15, 0.2) is 0 Å². The van der Waals surface area contributed by atoms with Crippen LogP contribution in [0.15, 0.2) is 4.42 Å². The van der Waals surface area contributed by atoms with Gasteiger partial charge in [-0.2, -0.15) is 0 Å². The minimum absolute atomic E-state index is 0.0273. The Balaban J connectivity index is 2.32. The van der Waals surface area contributed by atoms with Crippen LogP contribution in [-0.2, 0) is 4.74 Å². The second kappa shape index (κ2) is 4.54. The summed E-state index contributed by atoms with van der Waals surface area (Å²) in [5, 5.41) is 17.6. The van der Waals surface area contributed by atoms with Crippen molar-refractivity contribution in [2.24, 2.45) is 0 Å². The van der Waals surface area contributed by atoms with Gasteiger partial charge in [0, 0.05) is 6.61 Å². The number of carboxylic acid groups (broad SMARTS) is 2. The number of oxazole rings is 1. The van der Waals surface area contributed by atoms with Crippen molar-refractivity contribution < 1.29 is 29.0 Å². The Hall–Kier alpha value is -1.89. The average molecular weight is 241 g/mol. The van der Waals surface area contributed by atoms with Crippen LogP contribution in [0.2, 0.25) is 0 Å². The molecule has 1 unspecified atom stereocenters. The first kappa shape index (κ1) is 11.6. The fourth-order valence-corrected chi connectivity index (χ4v) is 1.70. The van der Waals surface area contributed by atoms with Crippen molar-refractivity contribution in [3.8, 4) is 0 Å². The molecule has 1 aliphatic rings. The van der Waals surface area contributed by atoms with Gasteiger partial charge in [0.05, 0.1) is 0 Å². The predicted molar refractivity (Wildman–Crippen MR) is 53.0 cm³/mol. The summed E-state index contributed by atoms with van der Waals surface area (Å²) in [5.74, 6) is -3.49. The number of hydrogen-bond donors (Lipinski definition) is 2. The molecule has 0 radical (unpaired) electrons. The third-order valence-electron chi connectivity index (χ3n) is 2.50. The van der Waals surface area contributed by atoms with E-state index in [0.717, 1.165) is 12.8 Å². The fraction of sp³-hybridized carbons (Fsp3) is 0.500. The van der Waals surface area contributed by atoms with Crippen LogP contribution in [0.5, 0.6) is 0 Å². The Morgan fingerprint density at radius 1 is 1.24 bits per heavy atom. The lowest BCUT2D eigenvalue weighted by Gasteiger charge is -2.19. The second-order valence-electron chi connectivity index (χ2n) is 3.70. The summed E-state index contributed by atoms with van der Waals surface area (Å²) in [5.41, 5.74) is -0.582. The van der Waals surface area contributed by atoms with Crippen LogP contribution >= 0.6 is 0 Å². The van der Waals surface area contributed by atoms with Gasteiger partial charge >= 0.3 is 11.9 Å². The molecule has 0 bridgehead atoms. The van der Waals surface area contributed by atoms with E-state index in [-0.39, 0.29) is 5.89 Å².